The van der Waals surface area contributed by atoms with Gasteiger partial charge in [0, 0.05) is 24.7 Å². The average molecular weight is 215 g/mol. The molecule has 0 amide bonds. The Kier molecular flexibility index (Phi) is 4.99. The molecule has 0 saturated carbocycles. The zero-order chi connectivity index (χ0) is 11.4. The van der Waals surface area contributed by atoms with Crippen molar-refractivity contribution in [3.8, 4) is 0 Å². The molecule has 90 valence electrons. The monoisotopic (exact) mass is 215 g/mol. The van der Waals surface area contributed by atoms with Crippen molar-refractivity contribution in [1.29, 1.82) is 0 Å². The second-order valence-electron chi connectivity index (χ2n) is 4.83. The van der Waals surface area contributed by atoms with Crippen LogP contribution in [-0.4, -0.2) is 66.8 Å². The van der Waals surface area contributed by atoms with Crippen molar-refractivity contribution >= 4 is 0 Å². The van der Waals surface area contributed by atoms with Gasteiger partial charge in [-0.1, -0.05) is 0 Å². The molecule has 3 atom stereocenters. The van der Waals surface area contributed by atoms with Gasteiger partial charge in [-0.3, -0.25) is 4.90 Å². The van der Waals surface area contributed by atoms with Crippen LogP contribution in [0, 0.1) is 0 Å². The number of rotatable bonds is 5. The van der Waals surface area contributed by atoms with Gasteiger partial charge in [-0.15, -0.1) is 0 Å². The summed E-state index contributed by atoms with van der Waals surface area (Å²) in [6.45, 7) is 4.30. The number of nitrogens with two attached hydrogens (primary N) is 1. The predicted molar refractivity (Wildman–Crippen MR) is 62.8 cm³/mol. The molecule has 15 heavy (non-hydrogen) atoms. The molecule has 1 aliphatic rings. The molecule has 1 heterocycles. The number of aliphatic hydroxyl groups is 1. The molecule has 0 aromatic heterocycles. The van der Waals surface area contributed by atoms with Gasteiger partial charge in [0.1, 0.15) is 0 Å². The van der Waals surface area contributed by atoms with Crippen LogP contribution in [0.15, 0.2) is 0 Å². The van der Waals surface area contributed by atoms with Crippen LogP contribution >= 0.6 is 0 Å². The fourth-order valence-electron chi connectivity index (χ4n) is 2.38. The summed E-state index contributed by atoms with van der Waals surface area (Å²) in [5.41, 5.74) is 5.84. The average Bonchev–Trinajstić information content (AvgIpc) is 2.52. The van der Waals surface area contributed by atoms with Crippen LogP contribution in [0.2, 0.25) is 0 Å². The minimum Gasteiger partial charge on any atom is -0.395 e. The largest absolute Gasteiger partial charge is 0.395 e. The fraction of sp³-hybridized carbons (Fsp3) is 1.00. The smallest absolute Gasteiger partial charge is 0.0601 e. The summed E-state index contributed by atoms with van der Waals surface area (Å²) in [6, 6.07) is 0.730. The lowest BCUT2D eigenvalue weighted by Gasteiger charge is -2.33. The van der Waals surface area contributed by atoms with Crippen LogP contribution in [0.5, 0.6) is 0 Å². The van der Waals surface area contributed by atoms with Gasteiger partial charge < -0.3 is 15.7 Å². The number of likely N-dealkylation sites (N-methyl/N-ethyl adjacent to an activating group) is 2. The zero-order valence-electron chi connectivity index (χ0n) is 10.2. The molecular formula is C11H25N3O. The van der Waals surface area contributed by atoms with E-state index in [-0.39, 0.29) is 18.7 Å². The van der Waals surface area contributed by atoms with E-state index in [4.69, 9.17) is 5.73 Å². The lowest BCUT2D eigenvalue weighted by molar-refractivity contribution is 0.108. The van der Waals surface area contributed by atoms with Crippen LogP contribution in [0.25, 0.3) is 0 Å². The van der Waals surface area contributed by atoms with E-state index in [1.165, 1.54) is 19.4 Å². The zero-order valence-corrected chi connectivity index (χ0v) is 10.2. The first-order chi connectivity index (χ1) is 7.06. The molecule has 4 heteroatoms. The maximum absolute atomic E-state index is 9.27. The lowest BCUT2D eigenvalue weighted by atomic mass is 10.1. The maximum Gasteiger partial charge on any atom is 0.0601 e. The van der Waals surface area contributed by atoms with Crippen LogP contribution < -0.4 is 5.73 Å². The highest BCUT2D eigenvalue weighted by Crippen LogP contribution is 2.16. The molecule has 1 aliphatic heterocycles. The van der Waals surface area contributed by atoms with Gasteiger partial charge in [-0.05, 0) is 40.4 Å². The first-order valence-electron chi connectivity index (χ1n) is 5.83. The Balaban J connectivity index is 2.42. The highest BCUT2D eigenvalue weighted by molar-refractivity contribution is 4.83. The lowest BCUT2D eigenvalue weighted by Crippen LogP contribution is -2.50. The third-order valence-electron chi connectivity index (χ3n) is 3.53. The van der Waals surface area contributed by atoms with Crippen LogP contribution in [0.3, 0.4) is 0 Å². The summed E-state index contributed by atoms with van der Waals surface area (Å²) in [5.74, 6) is 0. The Labute approximate surface area is 93.0 Å². The van der Waals surface area contributed by atoms with Crippen molar-refractivity contribution in [2.45, 2.75) is 37.9 Å². The summed E-state index contributed by atoms with van der Waals surface area (Å²) in [4.78, 5) is 4.59. The van der Waals surface area contributed by atoms with Gasteiger partial charge >= 0.3 is 0 Å². The number of hydrogen-bond acceptors (Lipinski definition) is 4. The fourth-order valence-corrected chi connectivity index (χ4v) is 2.38. The van der Waals surface area contributed by atoms with E-state index < -0.39 is 0 Å². The molecule has 1 rings (SSSR count). The number of aliphatic hydroxyl groups excluding tert-OH is 1. The minimum absolute atomic E-state index is 0.0201. The molecule has 0 aliphatic carbocycles. The summed E-state index contributed by atoms with van der Waals surface area (Å²) < 4.78 is 0. The molecule has 0 aromatic carbocycles. The van der Waals surface area contributed by atoms with E-state index in [1.807, 2.05) is 6.92 Å². The highest BCUT2D eigenvalue weighted by Gasteiger charge is 2.26. The van der Waals surface area contributed by atoms with Crippen molar-refractivity contribution in [3.05, 3.63) is 0 Å². The van der Waals surface area contributed by atoms with Crippen molar-refractivity contribution in [2.24, 2.45) is 5.73 Å². The van der Waals surface area contributed by atoms with Gasteiger partial charge in [0.25, 0.3) is 0 Å². The van der Waals surface area contributed by atoms with Crippen LogP contribution in [0.4, 0.5) is 0 Å². The van der Waals surface area contributed by atoms with Gasteiger partial charge in [0.05, 0.1) is 6.61 Å². The molecule has 0 radical (unpaired) electrons. The van der Waals surface area contributed by atoms with Crippen molar-refractivity contribution in [1.82, 2.24) is 9.80 Å². The molecule has 3 unspecified atom stereocenters. The normalized spacial score (nSPS) is 27.2. The second-order valence-corrected chi connectivity index (χ2v) is 4.83. The summed E-state index contributed by atoms with van der Waals surface area (Å²) in [6.07, 6.45) is 2.55. The third kappa shape index (κ3) is 3.41. The van der Waals surface area contributed by atoms with Gasteiger partial charge in [-0.2, -0.15) is 0 Å². The van der Waals surface area contributed by atoms with E-state index in [0.29, 0.717) is 6.04 Å². The summed E-state index contributed by atoms with van der Waals surface area (Å²) in [5, 5.41) is 9.27. The summed E-state index contributed by atoms with van der Waals surface area (Å²) >= 11 is 0. The molecule has 3 N–H and O–H groups in total. The van der Waals surface area contributed by atoms with E-state index in [0.717, 1.165) is 6.54 Å². The van der Waals surface area contributed by atoms with Crippen molar-refractivity contribution in [3.63, 3.8) is 0 Å². The number of likely N-dealkylation sites (tertiary alicyclic amines) is 1. The Morgan fingerprint density at radius 1 is 1.60 bits per heavy atom. The molecule has 0 aromatic rings. The van der Waals surface area contributed by atoms with Crippen LogP contribution in [0.1, 0.15) is 19.8 Å². The van der Waals surface area contributed by atoms with E-state index in [1.54, 1.807) is 0 Å². The quantitative estimate of drug-likeness (QED) is 0.662. The topological polar surface area (TPSA) is 52.7 Å². The molecular weight excluding hydrogens is 190 g/mol. The molecule has 4 nitrogen and oxygen atoms in total. The van der Waals surface area contributed by atoms with E-state index >= 15 is 0 Å². The summed E-state index contributed by atoms with van der Waals surface area (Å²) in [7, 11) is 4.22. The SMILES string of the molecule is CC(N)C(CO)N(C)CC1CCCN1C. The predicted octanol–water partition coefficient (Wildman–Crippen LogP) is -0.279. The third-order valence-corrected chi connectivity index (χ3v) is 3.53. The second kappa shape index (κ2) is 5.80. The van der Waals surface area contributed by atoms with Gasteiger partial charge in [0.15, 0.2) is 0 Å². The number of hydrogen-bond donors (Lipinski definition) is 2. The van der Waals surface area contributed by atoms with Gasteiger partial charge in [0.2, 0.25) is 0 Å². The molecule has 0 spiro atoms. The molecule has 1 fully saturated rings. The Bertz CT molecular complexity index is 187. The van der Waals surface area contributed by atoms with Crippen molar-refractivity contribution in [2.75, 3.05) is 33.8 Å². The Morgan fingerprint density at radius 3 is 2.67 bits per heavy atom. The molecule has 0 bridgehead atoms. The van der Waals surface area contributed by atoms with E-state index in [2.05, 4.69) is 23.9 Å². The first-order valence-corrected chi connectivity index (χ1v) is 5.83. The molecule has 1 saturated heterocycles. The number of nitrogens with zero attached hydrogens (tertiary/aromatic N) is 2. The van der Waals surface area contributed by atoms with Gasteiger partial charge in [-0.25, -0.2) is 0 Å². The van der Waals surface area contributed by atoms with Crippen LogP contribution in [-0.2, 0) is 0 Å². The maximum atomic E-state index is 9.27. The first kappa shape index (κ1) is 12.9. The van der Waals surface area contributed by atoms with E-state index in [9.17, 15) is 5.11 Å². The highest BCUT2D eigenvalue weighted by atomic mass is 16.3. The standard InChI is InChI=1S/C11H25N3O/c1-9(12)11(8-15)14(3)7-10-5-4-6-13(10)2/h9-11,15H,4-8,12H2,1-3H3. The Hall–Kier alpha value is -0.160. The van der Waals surface area contributed by atoms with Crippen molar-refractivity contribution < 1.29 is 5.11 Å². The minimum atomic E-state index is 0.0201. The Morgan fingerprint density at radius 2 is 2.27 bits per heavy atom.